The summed E-state index contributed by atoms with van der Waals surface area (Å²) in [6.45, 7) is 1.75. The lowest BCUT2D eigenvalue weighted by Gasteiger charge is -2.31. The average molecular weight is 589 g/mol. The molecule has 41 heavy (non-hydrogen) atoms. The normalized spacial score (nSPS) is 18.0. The number of benzene rings is 2. The highest BCUT2D eigenvalue weighted by Gasteiger charge is 2.57. The third kappa shape index (κ3) is 4.88. The van der Waals surface area contributed by atoms with Crippen molar-refractivity contribution in [2.75, 3.05) is 13.2 Å². The summed E-state index contributed by atoms with van der Waals surface area (Å²) in [5, 5.41) is 14.2. The number of aliphatic hydroxyl groups is 1. The Morgan fingerprint density at radius 3 is 2.49 bits per heavy atom. The Kier molecular flexibility index (Phi) is 6.98. The van der Waals surface area contributed by atoms with Crippen LogP contribution in [-0.2, 0) is 22.2 Å². The van der Waals surface area contributed by atoms with E-state index in [0.717, 1.165) is 23.2 Å². The second-order valence-electron chi connectivity index (χ2n) is 9.91. The maximum absolute atomic E-state index is 14.6. The highest BCUT2D eigenvalue weighted by Crippen LogP contribution is 2.47. The molecule has 214 valence electrons. The van der Waals surface area contributed by atoms with E-state index in [-0.39, 0.29) is 34.7 Å². The maximum Gasteiger partial charge on any atom is 0.424 e. The van der Waals surface area contributed by atoms with Crippen molar-refractivity contribution in [3.63, 3.8) is 0 Å². The number of nitrogens with two attached hydrogens (primary N) is 1. The molecular weight excluding hydrogens is 564 g/mol. The Morgan fingerprint density at radius 2 is 1.85 bits per heavy atom. The van der Waals surface area contributed by atoms with E-state index in [9.17, 15) is 32.3 Å². The van der Waals surface area contributed by atoms with E-state index >= 15 is 0 Å². The van der Waals surface area contributed by atoms with E-state index in [2.05, 4.69) is 15.3 Å². The minimum Gasteiger partial charge on any atom is -0.489 e. The van der Waals surface area contributed by atoms with Crippen LogP contribution in [0.1, 0.15) is 40.5 Å². The fourth-order valence-corrected chi connectivity index (χ4v) is 5.46. The largest absolute Gasteiger partial charge is 0.489 e. The molecule has 0 spiro atoms. The van der Waals surface area contributed by atoms with Crippen molar-refractivity contribution >= 4 is 33.4 Å². The minimum atomic E-state index is -5.32. The first-order valence-corrected chi connectivity index (χ1v) is 13.3. The molecule has 2 amide bonds. The molecule has 13 heteroatoms. The number of thiazole rings is 1. The van der Waals surface area contributed by atoms with Gasteiger partial charge in [0, 0.05) is 16.7 Å². The number of ether oxygens (including phenoxy) is 1. The van der Waals surface area contributed by atoms with E-state index in [0.29, 0.717) is 16.6 Å². The summed E-state index contributed by atoms with van der Waals surface area (Å²) in [5.74, 6) is -2.33. The predicted molar refractivity (Wildman–Crippen MR) is 143 cm³/mol. The second-order valence-corrected chi connectivity index (χ2v) is 11.0. The molecule has 1 unspecified atom stereocenters. The van der Waals surface area contributed by atoms with Gasteiger partial charge in [-0.15, -0.1) is 11.3 Å². The lowest BCUT2D eigenvalue weighted by Crippen LogP contribution is -2.51. The molecule has 2 aromatic carbocycles. The van der Waals surface area contributed by atoms with Gasteiger partial charge < -0.3 is 20.9 Å². The van der Waals surface area contributed by atoms with Gasteiger partial charge >= 0.3 is 6.18 Å². The predicted octanol–water partition coefficient (Wildman–Crippen LogP) is 4.38. The number of fused-ring (bicyclic) bond motifs is 2. The molecule has 2 aromatic heterocycles. The van der Waals surface area contributed by atoms with Gasteiger partial charge in [0.25, 0.3) is 5.91 Å². The number of pyridine rings is 1. The molecule has 0 radical (unpaired) electrons. The molecular formula is C28H24F4N4O4S. The Balaban J connectivity index is 1.57. The number of aromatic nitrogens is 2. The molecule has 3 heterocycles. The van der Waals surface area contributed by atoms with Gasteiger partial charge in [0.05, 0.1) is 27.5 Å². The van der Waals surface area contributed by atoms with Crippen molar-refractivity contribution in [3.8, 4) is 17.0 Å². The van der Waals surface area contributed by atoms with Crippen LogP contribution in [0, 0.1) is 5.82 Å². The van der Waals surface area contributed by atoms with Crippen LogP contribution in [0.3, 0.4) is 0 Å². The summed E-state index contributed by atoms with van der Waals surface area (Å²) in [6, 6.07) is 10.2. The van der Waals surface area contributed by atoms with Crippen molar-refractivity contribution in [1.82, 2.24) is 15.3 Å². The van der Waals surface area contributed by atoms with Crippen LogP contribution in [0.4, 0.5) is 17.6 Å². The van der Waals surface area contributed by atoms with E-state index in [1.54, 1.807) is 6.07 Å². The summed E-state index contributed by atoms with van der Waals surface area (Å²) in [7, 11) is 0. The van der Waals surface area contributed by atoms with Crippen LogP contribution >= 0.6 is 11.3 Å². The zero-order valence-corrected chi connectivity index (χ0v) is 22.6. The third-order valence-corrected chi connectivity index (χ3v) is 8.29. The average Bonchev–Trinajstić information content (AvgIpc) is 3.52. The lowest BCUT2D eigenvalue weighted by atomic mass is 9.81. The third-order valence-electron chi connectivity index (χ3n) is 7.13. The van der Waals surface area contributed by atoms with Crippen LogP contribution in [0.2, 0.25) is 0 Å². The summed E-state index contributed by atoms with van der Waals surface area (Å²) >= 11 is 1.36. The quantitative estimate of drug-likeness (QED) is 0.275. The number of hydrogen-bond donors (Lipinski definition) is 3. The van der Waals surface area contributed by atoms with Crippen LogP contribution in [0.5, 0.6) is 5.75 Å². The number of nitrogens with one attached hydrogen (secondary N) is 1. The van der Waals surface area contributed by atoms with Crippen LogP contribution < -0.4 is 15.8 Å². The van der Waals surface area contributed by atoms with Crippen molar-refractivity contribution < 1.29 is 37.0 Å². The molecule has 4 N–H and O–H groups in total. The fourth-order valence-electron chi connectivity index (χ4n) is 4.51. The fraction of sp³-hybridized carbons (Fsp3) is 0.286. The minimum absolute atomic E-state index is 0.0143. The van der Waals surface area contributed by atoms with Gasteiger partial charge in [0.2, 0.25) is 11.5 Å². The molecule has 5 rings (SSSR count). The molecule has 0 aliphatic carbocycles. The molecule has 0 saturated carbocycles. The van der Waals surface area contributed by atoms with Crippen molar-refractivity contribution in [1.29, 1.82) is 0 Å². The van der Waals surface area contributed by atoms with Crippen LogP contribution in [-0.4, -0.2) is 46.2 Å². The summed E-state index contributed by atoms with van der Waals surface area (Å²) in [4.78, 5) is 33.8. The SMILES string of the molecule is CCc1nc2ccc(C(=O)NCC(O)(c3cc4c(c(-c5ccc(F)cc5)n3)OC[C@]4(C)C(N)=O)C(F)(F)F)cc2s1. The summed E-state index contributed by atoms with van der Waals surface area (Å²) in [6.07, 6.45) is -4.63. The Hall–Kier alpha value is -4.10. The number of nitrogens with zero attached hydrogens (tertiary/aromatic N) is 2. The summed E-state index contributed by atoms with van der Waals surface area (Å²) < 4.78 is 63.6. The molecule has 2 atom stereocenters. The van der Waals surface area contributed by atoms with Crippen molar-refractivity contribution in [3.05, 3.63) is 76.2 Å². The number of rotatable bonds is 7. The number of amides is 2. The number of carbonyl (C=O) groups is 2. The van der Waals surface area contributed by atoms with Gasteiger partial charge in [-0.25, -0.2) is 14.4 Å². The summed E-state index contributed by atoms with van der Waals surface area (Å²) in [5.41, 5.74) is 0.196. The number of halogens is 4. The Morgan fingerprint density at radius 1 is 1.15 bits per heavy atom. The van der Waals surface area contributed by atoms with Crippen LogP contribution in [0.15, 0.2) is 48.5 Å². The first kappa shape index (κ1) is 28.4. The topological polar surface area (TPSA) is 127 Å². The number of aryl methyl sites for hydroxylation is 1. The van der Waals surface area contributed by atoms with Gasteiger partial charge in [0.1, 0.15) is 29.3 Å². The lowest BCUT2D eigenvalue weighted by molar-refractivity contribution is -0.265. The molecule has 8 nitrogen and oxygen atoms in total. The first-order chi connectivity index (χ1) is 19.3. The monoisotopic (exact) mass is 588 g/mol. The Bertz CT molecular complexity index is 1670. The molecule has 0 saturated heterocycles. The molecule has 1 aliphatic rings. The maximum atomic E-state index is 14.6. The number of hydrogen-bond acceptors (Lipinski definition) is 7. The Labute approximate surface area is 235 Å². The van der Waals surface area contributed by atoms with Gasteiger partial charge in [-0.3, -0.25) is 9.59 Å². The second kappa shape index (κ2) is 10.1. The first-order valence-electron chi connectivity index (χ1n) is 12.5. The van der Waals surface area contributed by atoms with Crippen molar-refractivity contribution in [2.24, 2.45) is 5.73 Å². The van der Waals surface area contributed by atoms with E-state index in [1.807, 2.05) is 6.92 Å². The van der Waals surface area contributed by atoms with E-state index in [1.165, 1.54) is 42.5 Å². The molecule has 4 aromatic rings. The number of primary amides is 1. The molecule has 0 fully saturated rings. The van der Waals surface area contributed by atoms with E-state index < -0.39 is 47.1 Å². The van der Waals surface area contributed by atoms with Gasteiger partial charge in [-0.05, 0) is 61.9 Å². The smallest absolute Gasteiger partial charge is 0.424 e. The van der Waals surface area contributed by atoms with E-state index in [4.69, 9.17) is 10.5 Å². The molecule has 0 bridgehead atoms. The zero-order chi connectivity index (χ0) is 29.7. The van der Waals surface area contributed by atoms with Gasteiger partial charge in [0.15, 0.2) is 0 Å². The number of alkyl halides is 3. The standard InChI is InChI=1S/C28H24F4N4O4S/c1-3-21-35-18-9-6-15(10-19(18)41-21)24(37)34-12-27(39,28(30,31)32)20-11-17-23(40-13-26(17,2)25(33)38)22(36-20)14-4-7-16(29)8-5-14/h4-11,39H,3,12-13H2,1-2H3,(H2,33,38)(H,34,37)/t26-,27?/m0/s1. The van der Waals surface area contributed by atoms with Crippen LogP contribution in [0.25, 0.3) is 21.5 Å². The highest BCUT2D eigenvalue weighted by molar-refractivity contribution is 7.18. The van der Waals surface area contributed by atoms with Gasteiger partial charge in [-0.1, -0.05) is 6.92 Å². The zero-order valence-electron chi connectivity index (χ0n) is 21.8. The number of carbonyl (C=O) groups excluding carboxylic acids is 2. The molecule has 1 aliphatic heterocycles. The van der Waals surface area contributed by atoms with Gasteiger partial charge in [-0.2, -0.15) is 13.2 Å². The highest BCUT2D eigenvalue weighted by atomic mass is 32.1. The van der Waals surface area contributed by atoms with Crippen molar-refractivity contribution in [2.45, 2.75) is 37.5 Å².